The minimum absolute atomic E-state index is 0.449. The van der Waals surface area contributed by atoms with E-state index in [4.69, 9.17) is 11.0 Å². The number of rotatable bonds is 2. The second kappa shape index (κ2) is 4.42. The highest BCUT2D eigenvalue weighted by molar-refractivity contribution is 5.77. The molecule has 0 atom stereocenters. The van der Waals surface area contributed by atoms with Crippen molar-refractivity contribution in [3.8, 4) is 6.07 Å². The quantitative estimate of drug-likeness (QED) is 0.752. The standard InChI is InChI=1S/C14H11N5/c15-7-10-2-1-3-11(6-10)9-19-13-4-5-17-8-12(13)18-14(19)16/h1-6,8H,9H2,(H2,16,18). The first kappa shape index (κ1) is 11.2. The van der Waals surface area contributed by atoms with E-state index in [1.807, 2.05) is 28.8 Å². The van der Waals surface area contributed by atoms with Gasteiger partial charge in [-0.25, -0.2) is 4.98 Å². The third kappa shape index (κ3) is 2.00. The summed E-state index contributed by atoms with van der Waals surface area (Å²) in [6.07, 6.45) is 3.40. The summed E-state index contributed by atoms with van der Waals surface area (Å²) in [5.74, 6) is 0.449. The monoisotopic (exact) mass is 249 g/mol. The van der Waals surface area contributed by atoms with Gasteiger partial charge in [0.1, 0.15) is 5.52 Å². The van der Waals surface area contributed by atoms with Gasteiger partial charge < -0.3 is 10.3 Å². The minimum Gasteiger partial charge on any atom is -0.369 e. The van der Waals surface area contributed by atoms with Crippen molar-refractivity contribution in [1.82, 2.24) is 14.5 Å². The normalized spacial score (nSPS) is 10.5. The van der Waals surface area contributed by atoms with Gasteiger partial charge in [-0.2, -0.15) is 5.26 Å². The molecule has 0 amide bonds. The van der Waals surface area contributed by atoms with Crippen molar-refractivity contribution in [2.24, 2.45) is 0 Å². The fourth-order valence-corrected chi connectivity index (χ4v) is 2.09. The van der Waals surface area contributed by atoms with Crippen LogP contribution >= 0.6 is 0 Å². The highest BCUT2D eigenvalue weighted by Crippen LogP contribution is 2.18. The van der Waals surface area contributed by atoms with Gasteiger partial charge in [-0.05, 0) is 23.8 Å². The van der Waals surface area contributed by atoms with Gasteiger partial charge in [0.15, 0.2) is 0 Å². The molecule has 2 aromatic heterocycles. The number of nitrogen functional groups attached to an aromatic ring is 1. The molecule has 0 radical (unpaired) electrons. The highest BCUT2D eigenvalue weighted by atomic mass is 15.2. The number of pyridine rings is 1. The molecule has 0 aliphatic carbocycles. The summed E-state index contributed by atoms with van der Waals surface area (Å²) in [5, 5.41) is 8.91. The zero-order valence-electron chi connectivity index (χ0n) is 10.1. The van der Waals surface area contributed by atoms with E-state index in [1.165, 1.54) is 0 Å². The molecule has 19 heavy (non-hydrogen) atoms. The minimum atomic E-state index is 0.449. The number of imidazole rings is 1. The Morgan fingerprint density at radius 2 is 2.21 bits per heavy atom. The molecule has 0 unspecified atom stereocenters. The molecule has 2 N–H and O–H groups in total. The molecule has 0 bridgehead atoms. The van der Waals surface area contributed by atoms with Gasteiger partial charge in [-0.1, -0.05) is 12.1 Å². The molecule has 92 valence electrons. The summed E-state index contributed by atoms with van der Waals surface area (Å²) in [6.45, 7) is 0.585. The SMILES string of the molecule is N#Cc1cccc(Cn2c(N)nc3cnccc32)c1. The maximum Gasteiger partial charge on any atom is 0.201 e. The van der Waals surface area contributed by atoms with Crippen LogP contribution in [0.15, 0.2) is 42.7 Å². The van der Waals surface area contributed by atoms with Gasteiger partial charge in [0.25, 0.3) is 0 Å². The van der Waals surface area contributed by atoms with Crippen LogP contribution in [0, 0.1) is 11.3 Å². The number of nitriles is 1. The van der Waals surface area contributed by atoms with Crippen molar-refractivity contribution in [2.45, 2.75) is 6.54 Å². The predicted octanol–water partition coefficient (Wildman–Crippen LogP) is 1.93. The van der Waals surface area contributed by atoms with E-state index >= 15 is 0 Å². The third-order valence-corrected chi connectivity index (χ3v) is 2.98. The fraction of sp³-hybridized carbons (Fsp3) is 0.0714. The molecule has 5 nitrogen and oxygen atoms in total. The van der Waals surface area contributed by atoms with E-state index in [0.29, 0.717) is 18.1 Å². The lowest BCUT2D eigenvalue weighted by atomic mass is 10.1. The molecule has 3 aromatic rings. The first-order valence-electron chi connectivity index (χ1n) is 5.82. The molecule has 0 aliphatic heterocycles. The smallest absolute Gasteiger partial charge is 0.201 e. The van der Waals surface area contributed by atoms with E-state index in [9.17, 15) is 0 Å². The summed E-state index contributed by atoms with van der Waals surface area (Å²) in [6, 6.07) is 11.5. The van der Waals surface area contributed by atoms with Gasteiger partial charge in [-0.3, -0.25) is 4.98 Å². The number of anilines is 1. The van der Waals surface area contributed by atoms with Crippen molar-refractivity contribution in [3.05, 3.63) is 53.9 Å². The molecular formula is C14H11N5. The van der Waals surface area contributed by atoms with E-state index in [1.54, 1.807) is 18.5 Å². The number of benzene rings is 1. The van der Waals surface area contributed by atoms with Crippen LogP contribution < -0.4 is 5.73 Å². The van der Waals surface area contributed by atoms with E-state index in [0.717, 1.165) is 16.6 Å². The third-order valence-electron chi connectivity index (χ3n) is 2.98. The van der Waals surface area contributed by atoms with Crippen LogP contribution in [0.5, 0.6) is 0 Å². The Morgan fingerprint density at radius 1 is 1.32 bits per heavy atom. The van der Waals surface area contributed by atoms with E-state index < -0.39 is 0 Å². The lowest BCUT2D eigenvalue weighted by molar-refractivity contribution is 0.838. The Labute approximate surface area is 109 Å². The zero-order valence-corrected chi connectivity index (χ0v) is 10.1. The molecule has 3 rings (SSSR count). The average Bonchev–Trinajstić information content (AvgIpc) is 2.76. The van der Waals surface area contributed by atoms with Crippen LogP contribution in [-0.2, 0) is 6.54 Å². The van der Waals surface area contributed by atoms with E-state index in [-0.39, 0.29) is 0 Å². The summed E-state index contributed by atoms with van der Waals surface area (Å²) in [5.41, 5.74) is 9.30. The fourth-order valence-electron chi connectivity index (χ4n) is 2.09. The number of hydrogen-bond donors (Lipinski definition) is 1. The Balaban J connectivity index is 2.06. The van der Waals surface area contributed by atoms with Gasteiger partial charge in [0, 0.05) is 6.20 Å². The maximum absolute atomic E-state index is 8.91. The topological polar surface area (TPSA) is 80.5 Å². The second-order valence-corrected chi connectivity index (χ2v) is 4.23. The lowest BCUT2D eigenvalue weighted by Gasteiger charge is -2.06. The van der Waals surface area contributed by atoms with Gasteiger partial charge in [0.2, 0.25) is 5.95 Å². The Kier molecular flexibility index (Phi) is 2.62. The van der Waals surface area contributed by atoms with Gasteiger partial charge in [0.05, 0.1) is 29.9 Å². The summed E-state index contributed by atoms with van der Waals surface area (Å²) in [7, 11) is 0. The second-order valence-electron chi connectivity index (χ2n) is 4.23. The molecule has 0 fully saturated rings. The first-order valence-corrected chi connectivity index (χ1v) is 5.82. The molecule has 2 heterocycles. The molecule has 1 aromatic carbocycles. The molecule has 0 saturated carbocycles. The summed E-state index contributed by atoms with van der Waals surface area (Å²) < 4.78 is 1.91. The van der Waals surface area contributed by atoms with E-state index in [2.05, 4.69) is 16.0 Å². The lowest BCUT2D eigenvalue weighted by Crippen LogP contribution is -2.04. The zero-order chi connectivity index (χ0) is 13.2. The van der Waals surface area contributed by atoms with Crippen LogP contribution in [0.4, 0.5) is 5.95 Å². The Bertz CT molecular complexity index is 782. The molecule has 5 heteroatoms. The molecular weight excluding hydrogens is 238 g/mol. The van der Waals surface area contributed by atoms with Crippen molar-refractivity contribution in [3.63, 3.8) is 0 Å². The van der Waals surface area contributed by atoms with Crippen molar-refractivity contribution in [1.29, 1.82) is 5.26 Å². The number of fused-ring (bicyclic) bond motifs is 1. The average molecular weight is 249 g/mol. The predicted molar refractivity (Wildman–Crippen MR) is 72.2 cm³/mol. The number of nitrogens with two attached hydrogens (primary N) is 1. The summed E-state index contributed by atoms with van der Waals surface area (Å²) >= 11 is 0. The maximum atomic E-state index is 8.91. The molecule has 0 spiro atoms. The van der Waals surface area contributed by atoms with Crippen LogP contribution in [0.25, 0.3) is 11.0 Å². The van der Waals surface area contributed by atoms with Gasteiger partial charge in [-0.15, -0.1) is 0 Å². The highest BCUT2D eigenvalue weighted by Gasteiger charge is 2.08. The Hall–Kier alpha value is -2.87. The number of aromatic nitrogens is 3. The molecule has 0 saturated heterocycles. The van der Waals surface area contributed by atoms with Crippen LogP contribution in [0.1, 0.15) is 11.1 Å². The van der Waals surface area contributed by atoms with Crippen LogP contribution in [0.3, 0.4) is 0 Å². The van der Waals surface area contributed by atoms with Gasteiger partial charge >= 0.3 is 0 Å². The Morgan fingerprint density at radius 3 is 3.05 bits per heavy atom. The van der Waals surface area contributed by atoms with Crippen molar-refractivity contribution in [2.75, 3.05) is 5.73 Å². The van der Waals surface area contributed by atoms with Crippen molar-refractivity contribution >= 4 is 17.0 Å². The summed E-state index contributed by atoms with van der Waals surface area (Å²) in [4.78, 5) is 8.29. The number of nitrogens with zero attached hydrogens (tertiary/aromatic N) is 4. The molecule has 0 aliphatic rings. The largest absolute Gasteiger partial charge is 0.369 e. The number of hydrogen-bond acceptors (Lipinski definition) is 4. The first-order chi connectivity index (χ1) is 9.28. The van der Waals surface area contributed by atoms with Crippen LogP contribution in [-0.4, -0.2) is 14.5 Å². The van der Waals surface area contributed by atoms with Crippen LogP contribution in [0.2, 0.25) is 0 Å². The van der Waals surface area contributed by atoms with Crippen molar-refractivity contribution < 1.29 is 0 Å².